The third-order valence-electron chi connectivity index (χ3n) is 7.05. The molecule has 0 spiro atoms. The molecule has 32 heavy (non-hydrogen) atoms. The van der Waals surface area contributed by atoms with Crippen LogP contribution in [-0.2, 0) is 11.3 Å². The van der Waals surface area contributed by atoms with E-state index >= 15 is 0 Å². The number of para-hydroxylation sites is 1. The Kier molecular flexibility index (Phi) is 6.40. The first-order chi connectivity index (χ1) is 15.3. The number of anilines is 1. The lowest BCUT2D eigenvalue weighted by atomic mass is 9.91. The van der Waals surface area contributed by atoms with Crippen molar-refractivity contribution in [2.45, 2.75) is 96.7 Å². The average molecular weight is 437 g/mol. The van der Waals surface area contributed by atoms with Crippen molar-refractivity contribution in [3.8, 4) is 0 Å². The summed E-state index contributed by atoms with van der Waals surface area (Å²) in [5.41, 5.74) is 2.13. The third kappa shape index (κ3) is 4.19. The Labute approximate surface area is 191 Å². The van der Waals surface area contributed by atoms with Crippen LogP contribution in [0.25, 0.3) is 0 Å². The van der Waals surface area contributed by atoms with Crippen LogP contribution in [0.5, 0.6) is 0 Å². The van der Waals surface area contributed by atoms with E-state index in [1.165, 1.54) is 19.3 Å². The molecule has 172 valence electrons. The molecular formula is C26H36N4O2. The maximum Gasteiger partial charge on any atom is 0.277 e. The van der Waals surface area contributed by atoms with Crippen LogP contribution in [0.15, 0.2) is 30.3 Å². The monoisotopic (exact) mass is 436 g/mol. The largest absolute Gasteiger partial charge is 0.351 e. The molecule has 1 atom stereocenters. The Bertz CT molecular complexity index is 987. The first kappa shape index (κ1) is 22.6. The van der Waals surface area contributed by atoms with E-state index in [1.807, 2.05) is 44.2 Å². The number of nitrogens with one attached hydrogen (secondary N) is 1. The van der Waals surface area contributed by atoms with E-state index in [4.69, 9.17) is 5.10 Å². The van der Waals surface area contributed by atoms with Crippen molar-refractivity contribution in [3.05, 3.63) is 47.3 Å². The van der Waals surface area contributed by atoms with Gasteiger partial charge in [0.15, 0.2) is 0 Å². The molecule has 2 amide bonds. The summed E-state index contributed by atoms with van der Waals surface area (Å²) in [6.45, 7) is 8.35. The number of aromatic nitrogens is 2. The van der Waals surface area contributed by atoms with Gasteiger partial charge in [0.05, 0.1) is 12.2 Å². The Morgan fingerprint density at radius 2 is 1.78 bits per heavy atom. The fraction of sp³-hybridized carbons (Fsp3) is 0.577. The van der Waals surface area contributed by atoms with Crippen LogP contribution in [0.4, 0.5) is 5.69 Å². The summed E-state index contributed by atoms with van der Waals surface area (Å²) in [4.78, 5) is 29.3. The molecule has 1 aromatic heterocycles. The van der Waals surface area contributed by atoms with Gasteiger partial charge in [0.1, 0.15) is 11.2 Å². The topological polar surface area (TPSA) is 67.2 Å². The smallest absolute Gasteiger partial charge is 0.277 e. The summed E-state index contributed by atoms with van der Waals surface area (Å²) in [6, 6.07) is 9.85. The van der Waals surface area contributed by atoms with Gasteiger partial charge in [0.2, 0.25) is 5.91 Å². The maximum absolute atomic E-state index is 13.8. The predicted molar refractivity (Wildman–Crippen MR) is 127 cm³/mol. The minimum atomic E-state index is -1.06. The van der Waals surface area contributed by atoms with Gasteiger partial charge in [-0.3, -0.25) is 19.2 Å². The quantitative estimate of drug-likeness (QED) is 0.736. The van der Waals surface area contributed by atoms with Gasteiger partial charge < -0.3 is 5.32 Å². The minimum Gasteiger partial charge on any atom is -0.351 e. The van der Waals surface area contributed by atoms with E-state index in [0.29, 0.717) is 12.2 Å². The second-order valence-corrected chi connectivity index (χ2v) is 9.98. The second-order valence-electron chi connectivity index (χ2n) is 9.98. The van der Waals surface area contributed by atoms with E-state index in [9.17, 15) is 9.59 Å². The highest BCUT2D eigenvalue weighted by Crippen LogP contribution is 2.35. The number of hydrogen-bond acceptors (Lipinski definition) is 3. The summed E-state index contributed by atoms with van der Waals surface area (Å²) < 4.78 is 1.74. The molecule has 1 N–H and O–H groups in total. The molecule has 1 fully saturated rings. The first-order valence-corrected chi connectivity index (χ1v) is 12.1. The van der Waals surface area contributed by atoms with Gasteiger partial charge in [-0.05, 0) is 50.3 Å². The standard InChI is InChI=1S/C26H36N4O2/c1-18(2)21-16-23-24(31)30(22-15-11-10-12-19(22)3)26(4,17-29(23)28-21)25(32)27-20-13-8-6-5-7-9-14-20/h10-12,15-16,18,20H,5-9,13-14,17H2,1-4H3,(H,27,32). The Morgan fingerprint density at radius 1 is 1.12 bits per heavy atom. The highest BCUT2D eigenvalue weighted by Gasteiger charge is 2.49. The number of hydrogen-bond donors (Lipinski definition) is 1. The summed E-state index contributed by atoms with van der Waals surface area (Å²) in [5, 5.41) is 8.02. The SMILES string of the molecule is Cc1ccccc1N1C(=O)c2cc(C(C)C)nn2CC1(C)C(=O)NC1CCCCCCC1. The molecule has 6 nitrogen and oxygen atoms in total. The van der Waals surface area contributed by atoms with Crippen LogP contribution >= 0.6 is 0 Å². The van der Waals surface area contributed by atoms with E-state index in [-0.39, 0.29) is 23.8 Å². The maximum atomic E-state index is 13.8. The number of carbonyl (C=O) groups excluding carboxylic acids is 2. The highest BCUT2D eigenvalue weighted by molar-refractivity contribution is 6.12. The van der Waals surface area contributed by atoms with E-state index in [0.717, 1.165) is 42.6 Å². The Hall–Kier alpha value is -2.63. The zero-order valence-corrected chi connectivity index (χ0v) is 19.9. The summed E-state index contributed by atoms with van der Waals surface area (Å²) in [6.07, 6.45) is 8.04. The Balaban J connectivity index is 1.72. The van der Waals surface area contributed by atoms with Gasteiger partial charge in [-0.2, -0.15) is 5.10 Å². The van der Waals surface area contributed by atoms with Crippen molar-refractivity contribution in [3.63, 3.8) is 0 Å². The summed E-state index contributed by atoms with van der Waals surface area (Å²) >= 11 is 0. The molecule has 2 aliphatic rings. The van der Waals surface area contributed by atoms with Gasteiger partial charge in [-0.25, -0.2) is 0 Å². The third-order valence-corrected chi connectivity index (χ3v) is 7.05. The number of benzene rings is 1. The fourth-order valence-electron chi connectivity index (χ4n) is 5.02. The molecule has 0 bridgehead atoms. The van der Waals surface area contributed by atoms with Crippen molar-refractivity contribution in [1.29, 1.82) is 0 Å². The van der Waals surface area contributed by atoms with Crippen molar-refractivity contribution in [2.75, 3.05) is 4.90 Å². The van der Waals surface area contributed by atoms with Gasteiger partial charge in [-0.1, -0.05) is 64.2 Å². The summed E-state index contributed by atoms with van der Waals surface area (Å²) in [5.74, 6) is -0.0463. The number of carbonyl (C=O) groups is 2. The molecule has 1 aromatic carbocycles. The van der Waals surface area contributed by atoms with E-state index in [2.05, 4.69) is 19.2 Å². The van der Waals surface area contributed by atoms with Crippen LogP contribution in [0.3, 0.4) is 0 Å². The van der Waals surface area contributed by atoms with Gasteiger partial charge in [0.25, 0.3) is 5.91 Å². The molecule has 1 aliphatic carbocycles. The normalized spacial score (nSPS) is 22.4. The molecule has 0 radical (unpaired) electrons. The molecule has 4 rings (SSSR count). The van der Waals surface area contributed by atoms with E-state index in [1.54, 1.807) is 9.58 Å². The van der Waals surface area contributed by atoms with Gasteiger partial charge >= 0.3 is 0 Å². The van der Waals surface area contributed by atoms with Crippen LogP contribution in [-0.4, -0.2) is 33.2 Å². The minimum absolute atomic E-state index is 0.0908. The van der Waals surface area contributed by atoms with Gasteiger partial charge in [-0.15, -0.1) is 0 Å². The molecule has 6 heteroatoms. The van der Waals surface area contributed by atoms with Crippen molar-refractivity contribution < 1.29 is 9.59 Å². The zero-order chi connectivity index (χ0) is 22.9. The lowest BCUT2D eigenvalue weighted by Crippen LogP contribution is -2.65. The molecule has 2 heterocycles. The highest BCUT2D eigenvalue weighted by atomic mass is 16.2. The van der Waals surface area contributed by atoms with Crippen molar-refractivity contribution in [2.24, 2.45) is 0 Å². The Morgan fingerprint density at radius 3 is 2.44 bits per heavy atom. The number of nitrogens with zero attached hydrogens (tertiary/aromatic N) is 3. The number of amides is 2. The number of aryl methyl sites for hydroxylation is 1. The van der Waals surface area contributed by atoms with Crippen molar-refractivity contribution >= 4 is 17.5 Å². The molecule has 1 unspecified atom stereocenters. The van der Waals surface area contributed by atoms with Crippen LogP contribution < -0.4 is 10.2 Å². The molecule has 0 saturated heterocycles. The zero-order valence-electron chi connectivity index (χ0n) is 19.9. The van der Waals surface area contributed by atoms with Crippen LogP contribution in [0, 0.1) is 6.92 Å². The second kappa shape index (κ2) is 9.08. The van der Waals surface area contributed by atoms with Crippen molar-refractivity contribution in [1.82, 2.24) is 15.1 Å². The molecule has 2 aromatic rings. The van der Waals surface area contributed by atoms with Crippen LogP contribution in [0.1, 0.15) is 93.4 Å². The molecular weight excluding hydrogens is 400 g/mol. The molecule has 1 aliphatic heterocycles. The lowest BCUT2D eigenvalue weighted by Gasteiger charge is -2.44. The lowest BCUT2D eigenvalue weighted by molar-refractivity contribution is -0.127. The first-order valence-electron chi connectivity index (χ1n) is 12.1. The fourth-order valence-corrected chi connectivity index (χ4v) is 5.02. The number of rotatable bonds is 4. The summed E-state index contributed by atoms with van der Waals surface area (Å²) in [7, 11) is 0. The number of fused-ring (bicyclic) bond motifs is 1. The molecule has 1 saturated carbocycles. The van der Waals surface area contributed by atoms with Crippen LogP contribution in [0.2, 0.25) is 0 Å². The predicted octanol–water partition coefficient (Wildman–Crippen LogP) is 4.96. The van der Waals surface area contributed by atoms with Gasteiger partial charge in [0, 0.05) is 11.7 Å². The average Bonchev–Trinajstić information content (AvgIpc) is 3.15. The van der Waals surface area contributed by atoms with E-state index < -0.39 is 5.54 Å².